The Hall–Kier alpha value is -5.13. The van der Waals surface area contributed by atoms with E-state index in [1.54, 1.807) is 0 Å². The number of aromatic carboxylic acids is 3. The number of phenols is 6. The second-order valence-corrected chi connectivity index (χ2v) is 6.73. The summed E-state index contributed by atoms with van der Waals surface area (Å²) in [5.74, 6) is -10.7. The van der Waals surface area contributed by atoms with Crippen LogP contribution in [0.5, 0.6) is 34.5 Å². The van der Waals surface area contributed by atoms with Crippen LogP contribution in [0.3, 0.4) is 0 Å². The molecular weight excluding hydrogens is 444 g/mol. The first-order valence-electron chi connectivity index (χ1n) is 8.76. The molecule has 170 valence electrons. The average Bonchev–Trinajstić information content (AvgIpc) is 2.73. The maximum absolute atomic E-state index is 11.9. The van der Waals surface area contributed by atoms with E-state index in [0.717, 1.165) is 12.1 Å². The Kier molecular flexibility index (Phi) is 5.36. The molecule has 0 heterocycles. The molecule has 0 amide bonds. The van der Waals surface area contributed by atoms with Crippen molar-refractivity contribution >= 4 is 17.9 Å². The number of carboxylic acid groups (broad SMARTS) is 3. The molecule has 12 nitrogen and oxygen atoms in total. The standard InChI is InChI=1S/C21H14O12/c22-12-2-6(7-3-13(23)14(24)4-9(7)20(30)31)8(19(28)29)1-10(12)16-11(21(32)33)5-15(25)17(26)18(16)27/h1-5,22-27H,(H,28,29)(H,30,31)(H,32,33). The molecule has 0 saturated carbocycles. The molecule has 0 unspecified atom stereocenters. The van der Waals surface area contributed by atoms with E-state index in [1.165, 1.54) is 0 Å². The lowest BCUT2D eigenvalue weighted by molar-refractivity contribution is 0.0684. The van der Waals surface area contributed by atoms with Crippen LogP contribution in [-0.4, -0.2) is 63.9 Å². The number of phenolic OH excluding ortho intramolecular Hbond substituents is 6. The Morgan fingerprint density at radius 1 is 0.455 bits per heavy atom. The molecule has 33 heavy (non-hydrogen) atoms. The van der Waals surface area contributed by atoms with Crippen molar-refractivity contribution < 1.29 is 60.3 Å². The average molecular weight is 458 g/mol. The predicted octanol–water partition coefficient (Wildman–Crippen LogP) is 2.35. The van der Waals surface area contributed by atoms with Crippen molar-refractivity contribution in [3.8, 4) is 56.8 Å². The van der Waals surface area contributed by atoms with Gasteiger partial charge >= 0.3 is 17.9 Å². The highest BCUT2D eigenvalue weighted by atomic mass is 16.4. The van der Waals surface area contributed by atoms with Gasteiger partial charge in [-0.05, 0) is 30.3 Å². The molecular formula is C21H14O12. The zero-order valence-corrected chi connectivity index (χ0v) is 16.1. The lowest BCUT2D eigenvalue weighted by Crippen LogP contribution is -2.06. The van der Waals surface area contributed by atoms with Crippen molar-refractivity contribution in [3.05, 3.63) is 47.0 Å². The molecule has 9 N–H and O–H groups in total. The molecule has 0 aliphatic rings. The van der Waals surface area contributed by atoms with Gasteiger partial charge in [-0.1, -0.05) is 0 Å². The van der Waals surface area contributed by atoms with E-state index in [9.17, 15) is 60.3 Å². The van der Waals surface area contributed by atoms with E-state index in [1.807, 2.05) is 0 Å². The van der Waals surface area contributed by atoms with Crippen LogP contribution in [0.1, 0.15) is 31.1 Å². The van der Waals surface area contributed by atoms with Gasteiger partial charge in [0.05, 0.1) is 16.7 Å². The zero-order chi connectivity index (χ0) is 24.8. The minimum absolute atomic E-state index is 0.409. The molecule has 3 rings (SSSR count). The number of aromatic hydroxyl groups is 6. The first kappa shape index (κ1) is 22.6. The molecule has 0 aromatic heterocycles. The molecule has 0 atom stereocenters. The fourth-order valence-electron chi connectivity index (χ4n) is 3.25. The second kappa shape index (κ2) is 7.85. The van der Waals surface area contributed by atoms with Crippen molar-refractivity contribution in [2.45, 2.75) is 0 Å². The van der Waals surface area contributed by atoms with Crippen LogP contribution in [-0.2, 0) is 0 Å². The number of carboxylic acids is 3. The van der Waals surface area contributed by atoms with Crippen molar-refractivity contribution in [2.24, 2.45) is 0 Å². The normalized spacial score (nSPS) is 10.7. The van der Waals surface area contributed by atoms with Gasteiger partial charge in [-0.25, -0.2) is 14.4 Å². The summed E-state index contributed by atoms with van der Waals surface area (Å²) < 4.78 is 0. The van der Waals surface area contributed by atoms with E-state index in [2.05, 4.69) is 0 Å². The van der Waals surface area contributed by atoms with Gasteiger partial charge in [-0.15, -0.1) is 0 Å². The summed E-state index contributed by atoms with van der Waals surface area (Å²) in [6.07, 6.45) is 0. The fraction of sp³-hybridized carbons (Fsp3) is 0. The van der Waals surface area contributed by atoms with E-state index in [4.69, 9.17) is 0 Å². The number of carbonyl (C=O) groups is 3. The lowest BCUT2D eigenvalue weighted by Gasteiger charge is -2.17. The second-order valence-electron chi connectivity index (χ2n) is 6.73. The van der Waals surface area contributed by atoms with Gasteiger partial charge in [0.1, 0.15) is 5.75 Å². The highest BCUT2D eigenvalue weighted by Gasteiger charge is 2.28. The van der Waals surface area contributed by atoms with Gasteiger partial charge in [-0.2, -0.15) is 0 Å². The Labute approximate surface area is 182 Å². The topological polar surface area (TPSA) is 233 Å². The summed E-state index contributed by atoms with van der Waals surface area (Å²) >= 11 is 0. The Morgan fingerprint density at radius 2 is 0.879 bits per heavy atom. The summed E-state index contributed by atoms with van der Waals surface area (Å²) in [7, 11) is 0. The van der Waals surface area contributed by atoms with Crippen molar-refractivity contribution in [1.82, 2.24) is 0 Å². The van der Waals surface area contributed by atoms with Crippen LogP contribution in [0.25, 0.3) is 22.3 Å². The van der Waals surface area contributed by atoms with Gasteiger partial charge in [0.25, 0.3) is 0 Å². The minimum atomic E-state index is -1.70. The van der Waals surface area contributed by atoms with Crippen LogP contribution in [0.4, 0.5) is 0 Å². The smallest absolute Gasteiger partial charge is 0.336 e. The Balaban J connectivity index is 2.43. The molecule has 0 radical (unpaired) electrons. The largest absolute Gasteiger partial charge is 0.507 e. The summed E-state index contributed by atoms with van der Waals surface area (Å²) in [4.78, 5) is 35.1. The third kappa shape index (κ3) is 3.72. The van der Waals surface area contributed by atoms with Crippen molar-refractivity contribution in [2.75, 3.05) is 0 Å². The minimum Gasteiger partial charge on any atom is -0.507 e. The van der Waals surface area contributed by atoms with E-state index in [0.29, 0.717) is 18.2 Å². The highest BCUT2D eigenvalue weighted by molar-refractivity contribution is 6.06. The number of benzene rings is 3. The Bertz CT molecular complexity index is 1360. The summed E-state index contributed by atoms with van der Waals surface area (Å²) in [6.45, 7) is 0. The zero-order valence-electron chi connectivity index (χ0n) is 16.1. The third-order valence-electron chi connectivity index (χ3n) is 4.76. The van der Waals surface area contributed by atoms with E-state index >= 15 is 0 Å². The summed E-state index contributed by atoms with van der Waals surface area (Å²) in [5, 5.41) is 88.1. The van der Waals surface area contributed by atoms with Crippen LogP contribution in [0.2, 0.25) is 0 Å². The maximum Gasteiger partial charge on any atom is 0.336 e. The van der Waals surface area contributed by atoms with Gasteiger partial charge in [0.15, 0.2) is 23.0 Å². The molecule has 0 fully saturated rings. The predicted molar refractivity (Wildman–Crippen MR) is 108 cm³/mol. The molecule has 3 aromatic carbocycles. The van der Waals surface area contributed by atoms with Gasteiger partial charge in [0.2, 0.25) is 5.75 Å². The number of hydrogen-bond acceptors (Lipinski definition) is 9. The molecule has 12 heteroatoms. The Morgan fingerprint density at radius 3 is 1.39 bits per heavy atom. The van der Waals surface area contributed by atoms with Gasteiger partial charge in [0, 0.05) is 22.3 Å². The van der Waals surface area contributed by atoms with E-state index in [-0.39, 0.29) is 0 Å². The monoisotopic (exact) mass is 458 g/mol. The van der Waals surface area contributed by atoms with Crippen LogP contribution >= 0.6 is 0 Å². The quantitative estimate of drug-likeness (QED) is 0.251. The molecule has 0 saturated heterocycles. The van der Waals surface area contributed by atoms with Crippen LogP contribution in [0, 0.1) is 0 Å². The third-order valence-corrected chi connectivity index (χ3v) is 4.76. The SMILES string of the molecule is O=C(O)c1cc(O)c(O)cc1-c1cc(O)c(-c2c(C(=O)O)cc(O)c(O)c2O)cc1C(=O)O. The molecule has 0 aliphatic carbocycles. The van der Waals surface area contributed by atoms with Gasteiger partial charge < -0.3 is 46.0 Å². The molecule has 0 spiro atoms. The number of rotatable bonds is 5. The van der Waals surface area contributed by atoms with Crippen LogP contribution < -0.4 is 0 Å². The van der Waals surface area contributed by atoms with Crippen LogP contribution in [0.15, 0.2) is 30.3 Å². The molecule has 3 aromatic rings. The number of hydrogen-bond donors (Lipinski definition) is 9. The highest BCUT2D eigenvalue weighted by Crippen LogP contribution is 2.49. The lowest BCUT2D eigenvalue weighted by atomic mass is 9.89. The summed E-state index contributed by atoms with van der Waals surface area (Å²) in [5.41, 5.74) is -4.27. The first-order valence-corrected chi connectivity index (χ1v) is 8.76. The maximum atomic E-state index is 11.9. The molecule has 0 bridgehead atoms. The fourth-order valence-corrected chi connectivity index (χ4v) is 3.25. The van der Waals surface area contributed by atoms with Crippen molar-refractivity contribution in [1.29, 1.82) is 0 Å². The van der Waals surface area contributed by atoms with Gasteiger partial charge in [-0.3, -0.25) is 0 Å². The summed E-state index contributed by atoms with van der Waals surface area (Å²) in [6, 6.07) is 3.44. The first-order chi connectivity index (χ1) is 15.3. The molecule has 0 aliphatic heterocycles. The van der Waals surface area contributed by atoms with Crippen molar-refractivity contribution in [3.63, 3.8) is 0 Å². The van der Waals surface area contributed by atoms with E-state index < -0.39 is 91.3 Å².